The Morgan fingerprint density at radius 1 is 1.52 bits per heavy atom. The summed E-state index contributed by atoms with van der Waals surface area (Å²) in [5.41, 5.74) is 0.533. The minimum absolute atomic E-state index is 0.223. The molecule has 1 aromatic rings. The van der Waals surface area contributed by atoms with E-state index in [1.807, 2.05) is 6.92 Å². The van der Waals surface area contributed by atoms with Crippen molar-refractivity contribution in [2.45, 2.75) is 32.2 Å². The number of hydrogen-bond acceptors (Lipinski definition) is 4. The molecule has 122 valence electrons. The molecule has 0 saturated carbocycles. The van der Waals surface area contributed by atoms with Gasteiger partial charge in [-0.1, -0.05) is 55.9 Å². The van der Waals surface area contributed by atoms with Gasteiger partial charge in [0.15, 0.2) is 0 Å². The van der Waals surface area contributed by atoms with Gasteiger partial charge in [-0.25, -0.2) is 9.18 Å². The number of rotatable bonds is 6. The Bertz CT molecular complexity index is 675. The number of carbonyl (C=O) groups excluding carboxylic acids is 1. The molecule has 0 bridgehead atoms. The summed E-state index contributed by atoms with van der Waals surface area (Å²) in [5.74, 6) is -1.91. The third-order valence-electron chi connectivity index (χ3n) is 3.40. The molecule has 1 aromatic carbocycles. The third kappa shape index (κ3) is 4.17. The second-order valence-electron chi connectivity index (χ2n) is 5.10. The Balaban J connectivity index is 2.26. The van der Waals surface area contributed by atoms with Gasteiger partial charge in [-0.15, -0.1) is 0 Å². The Labute approximate surface area is 143 Å². The van der Waals surface area contributed by atoms with Crippen LogP contribution >= 0.6 is 24.0 Å². The minimum atomic E-state index is -1.07. The van der Waals surface area contributed by atoms with Crippen LogP contribution in [0, 0.1) is 5.82 Å². The fourth-order valence-electron chi connectivity index (χ4n) is 2.26. The van der Waals surface area contributed by atoms with Crippen molar-refractivity contribution in [1.82, 2.24) is 4.90 Å². The first-order valence-electron chi connectivity index (χ1n) is 7.19. The molecule has 0 spiro atoms. The van der Waals surface area contributed by atoms with E-state index in [1.165, 1.54) is 18.2 Å². The van der Waals surface area contributed by atoms with E-state index in [0.717, 1.165) is 23.1 Å². The van der Waals surface area contributed by atoms with E-state index < -0.39 is 23.7 Å². The number of hydrogen-bond donors (Lipinski definition) is 1. The summed E-state index contributed by atoms with van der Waals surface area (Å²) in [4.78, 5) is 25.4. The molecule has 1 fully saturated rings. The highest BCUT2D eigenvalue weighted by Crippen LogP contribution is 2.35. The lowest BCUT2D eigenvalue weighted by Gasteiger charge is -2.22. The first-order chi connectivity index (χ1) is 10.9. The van der Waals surface area contributed by atoms with Gasteiger partial charge in [0.2, 0.25) is 0 Å². The highest BCUT2D eigenvalue weighted by molar-refractivity contribution is 8.26. The molecule has 1 heterocycles. The summed E-state index contributed by atoms with van der Waals surface area (Å²) in [7, 11) is 0. The fraction of sp³-hybridized carbons (Fsp3) is 0.312. The van der Waals surface area contributed by atoms with Gasteiger partial charge in [0.05, 0.1) is 4.91 Å². The second kappa shape index (κ2) is 7.70. The SMILES string of the molecule is CCCCC(C(=O)O)N1C(=O)/C(=C/c2cccc(F)c2)SC1=S. The highest BCUT2D eigenvalue weighted by Gasteiger charge is 2.40. The molecule has 1 saturated heterocycles. The van der Waals surface area contributed by atoms with Gasteiger partial charge in [0, 0.05) is 0 Å². The van der Waals surface area contributed by atoms with Crippen LogP contribution < -0.4 is 0 Å². The molecule has 1 unspecified atom stereocenters. The average molecular weight is 353 g/mol. The first kappa shape index (κ1) is 17.6. The molecule has 1 aliphatic heterocycles. The Kier molecular flexibility index (Phi) is 5.90. The number of nitrogens with zero attached hydrogens (tertiary/aromatic N) is 1. The number of halogens is 1. The predicted octanol–water partition coefficient (Wildman–Crippen LogP) is 3.67. The highest BCUT2D eigenvalue weighted by atomic mass is 32.2. The molecule has 7 heteroatoms. The maximum absolute atomic E-state index is 13.2. The summed E-state index contributed by atoms with van der Waals surface area (Å²) in [5, 5.41) is 9.38. The number of thiocarbonyl (C=S) groups is 1. The van der Waals surface area contributed by atoms with Crippen LogP contribution in [-0.2, 0) is 9.59 Å². The van der Waals surface area contributed by atoms with Crippen LogP contribution in [0.25, 0.3) is 6.08 Å². The van der Waals surface area contributed by atoms with Gasteiger partial charge in [0.1, 0.15) is 16.2 Å². The Hall–Kier alpha value is -1.73. The maximum Gasteiger partial charge on any atom is 0.326 e. The monoisotopic (exact) mass is 353 g/mol. The number of amides is 1. The first-order valence-corrected chi connectivity index (χ1v) is 8.42. The zero-order valence-electron chi connectivity index (χ0n) is 12.5. The van der Waals surface area contributed by atoms with Crippen molar-refractivity contribution in [3.63, 3.8) is 0 Å². The molecule has 23 heavy (non-hydrogen) atoms. The van der Waals surface area contributed by atoms with Gasteiger partial charge >= 0.3 is 5.97 Å². The van der Waals surface area contributed by atoms with Crippen molar-refractivity contribution in [3.05, 3.63) is 40.6 Å². The average Bonchev–Trinajstić information content (AvgIpc) is 2.75. The quantitative estimate of drug-likeness (QED) is 0.625. The predicted molar refractivity (Wildman–Crippen MR) is 92.4 cm³/mol. The van der Waals surface area contributed by atoms with E-state index in [9.17, 15) is 19.1 Å². The topological polar surface area (TPSA) is 57.6 Å². The molecule has 1 aliphatic rings. The van der Waals surface area contributed by atoms with Gasteiger partial charge in [0.25, 0.3) is 5.91 Å². The Morgan fingerprint density at radius 3 is 2.87 bits per heavy atom. The van der Waals surface area contributed by atoms with Crippen LogP contribution in [0.2, 0.25) is 0 Å². The molecule has 1 atom stereocenters. The van der Waals surface area contributed by atoms with Gasteiger partial charge in [-0.05, 0) is 30.2 Å². The lowest BCUT2D eigenvalue weighted by atomic mass is 10.1. The van der Waals surface area contributed by atoms with Crippen molar-refractivity contribution < 1.29 is 19.1 Å². The zero-order valence-corrected chi connectivity index (χ0v) is 14.1. The lowest BCUT2D eigenvalue weighted by Crippen LogP contribution is -2.43. The summed E-state index contributed by atoms with van der Waals surface area (Å²) in [6, 6.07) is 4.87. The van der Waals surface area contributed by atoms with E-state index in [-0.39, 0.29) is 4.32 Å². The number of unbranched alkanes of at least 4 members (excludes halogenated alkanes) is 1. The standard InChI is InChI=1S/C16H16FNO3S2/c1-2-3-7-12(15(20)21)18-14(19)13(23-16(18)22)9-10-5-4-6-11(17)8-10/h4-6,8-9,12H,2-3,7H2,1H3,(H,20,21)/b13-9-. The van der Waals surface area contributed by atoms with Crippen LogP contribution in [0.5, 0.6) is 0 Å². The van der Waals surface area contributed by atoms with E-state index in [2.05, 4.69) is 0 Å². The number of carboxylic acids is 1. The number of aliphatic carboxylic acids is 1. The molecule has 1 N–H and O–H groups in total. The van der Waals surface area contributed by atoms with Crippen LogP contribution in [0.3, 0.4) is 0 Å². The molecule has 4 nitrogen and oxygen atoms in total. The number of thioether (sulfide) groups is 1. The number of carboxylic acid groups (broad SMARTS) is 1. The molecule has 0 aromatic heterocycles. The van der Waals surface area contributed by atoms with Crippen molar-refractivity contribution in [2.75, 3.05) is 0 Å². The zero-order chi connectivity index (χ0) is 17.0. The van der Waals surface area contributed by atoms with E-state index >= 15 is 0 Å². The largest absolute Gasteiger partial charge is 0.480 e. The second-order valence-corrected chi connectivity index (χ2v) is 6.78. The van der Waals surface area contributed by atoms with Gasteiger partial charge < -0.3 is 5.11 Å². The summed E-state index contributed by atoms with van der Waals surface area (Å²) in [6.45, 7) is 1.95. The van der Waals surface area contributed by atoms with Crippen molar-refractivity contribution >= 4 is 46.3 Å². The fourth-order valence-corrected chi connectivity index (χ4v) is 3.61. The van der Waals surface area contributed by atoms with Crippen molar-refractivity contribution in [1.29, 1.82) is 0 Å². The minimum Gasteiger partial charge on any atom is -0.480 e. The third-order valence-corrected chi connectivity index (χ3v) is 4.73. The maximum atomic E-state index is 13.2. The van der Waals surface area contributed by atoms with E-state index in [4.69, 9.17) is 12.2 Å². The summed E-state index contributed by atoms with van der Waals surface area (Å²) >= 11 is 6.22. The normalized spacial score (nSPS) is 17.8. The van der Waals surface area contributed by atoms with Crippen molar-refractivity contribution in [3.8, 4) is 0 Å². The van der Waals surface area contributed by atoms with Gasteiger partial charge in [-0.2, -0.15) is 0 Å². The van der Waals surface area contributed by atoms with Crippen molar-refractivity contribution in [2.24, 2.45) is 0 Å². The van der Waals surface area contributed by atoms with Crippen LogP contribution in [0.15, 0.2) is 29.2 Å². The van der Waals surface area contributed by atoms with E-state index in [0.29, 0.717) is 23.3 Å². The lowest BCUT2D eigenvalue weighted by molar-refractivity contribution is -0.145. The Morgan fingerprint density at radius 2 is 2.26 bits per heavy atom. The molecule has 2 rings (SSSR count). The molecule has 0 radical (unpaired) electrons. The van der Waals surface area contributed by atoms with Gasteiger partial charge in [-0.3, -0.25) is 9.69 Å². The van der Waals surface area contributed by atoms with Crippen LogP contribution in [0.4, 0.5) is 4.39 Å². The van der Waals surface area contributed by atoms with Crippen LogP contribution in [-0.4, -0.2) is 32.2 Å². The number of benzene rings is 1. The summed E-state index contributed by atoms with van der Waals surface area (Å²) < 4.78 is 13.5. The number of carbonyl (C=O) groups is 2. The smallest absolute Gasteiger partial charge is 0.326 e. The summed E-state index contributed by atoms with van der Waals surface area (Å²) in [6.07, 6.45) is 3.40. The molecule has 1 amide bonds. The molecule has 0 aliphatic carbocycles. The molecular formula is C16H16FNO3S2. The van der Waals surface area contributed by atoms with E-state index in [1.54, 1.807) is 12.1 Å². The van der Waals surface area contributed by atoms with Crippen LogP contribution in [0.1, 0.15) is 31.7 Å². The molecular weight excluding hydrogens is 337 g/mol.